The molecule has 0 bridgehead atoms. The Balaban J connectivity index is 3.02. The fourth-order valence-electron chi connectivity index (χ4n) is 1.37. The fourth-order valence-corrected chi connectivity index (χ4v) is 3.44. The zero-order valence-electron chi connectivity index (χ0n) is 8.29. The lowest BCUT2D eigenvalue weighted by atomic mass is 10.4. The van der Waals surface area contributed by atoms with Crippen molar-refractivity contribution >= 4 is 12.4 Å². The molecular weight excluding hydrogens is 224 g/mol. The van der Waals surface area contributed by atoms with Crippen molar-refractivity contribution in [3.8, 4) is 0 Å². The van der Waals surface area contributed by atoms with Crippen LogP contribution >= 0.6 is 7.14 Å². The summed E-state index contributed by atoms with van der Waals surface area (Å²) in [5.41, 5.74) is 0. The molecule has 1 aromatic rings. The zero-order valence-corrected chi connectivity index (χ0v) is 9.18. The monoisotopic (exact) mass is 236 g/mol. The highest BCUT2D eigenvalue weighted by atomic mass is 31.2. The minimum atomic E-state index is -4.37. The van der Waals surface area contributed by atoms with E-state index in [1.54, 1.807) is 18.2 Å². The molecule has 1 nitrogen and oxygen atoms in total. The van der Waals surface area contributed by atoms with Gasteiger partial charge >= 0.3 is 6.18 Å². The average Bonchev–Trinajstić information content (AvgIpc) is 2.16. The van der Waals surface area contributed by atoms with E-state index in [0.717, 1.165) is 0 Å². The molecule has 0 saturated heterocycles. The first-order valence-corrected chi connectivity index (χ1v) is 6.65. The lowest BCUT2D eigenvalue weighted by Crippen LogP contribution is -2.21. The molecular formula is C10H12F3OP. The number of alkyl halides is 3. The molecule has 0 aromatic heterocycles. The Morgan fingerprint density at radius 3 is 2.13 bits per heavy atom. The van der Waals surface area contributed by atoms with Gasteiger partial charge in [-0.15, -0.1) is 0 Å². The lowest BCUT2D eigenvalue weighted by molar-refractivity contribution is -0.106. The summed E-state index contributed by atoms with van der Waals surface area (Å²) in [4.78, 5) is 0. The zero-order chi connectivity index (χ0) is 11.5. The van der Waals surface area contributed by atoms with Crippen LogP contribution in [0.2, 0.25) is 0 Å². The molecule has 0 aliphatic heterocycles. The van der Waals surface area contributed by atoms with E-state index in [2.05, 4.69) is 0 Å². The normalized spacial score (nSPS) is 16.0. The Morgan fingerprint density at radius 1 is 1.20 bits per heavy atom. The minimum absolute atomic E-state index is 0.0382. The molecule has 5 heteroatoms. The SMILES string of the molecule is CCP(=O)(CC(F)(F)F)c1ccccc1. The number of benzene rings is 1. The van der Waals surface area contributed by atoms with Gasteiger partial charge in [-0.3, -0.25) is 0 Å². The number of hydrogen-bond donors (Lipinski definition) is 0. The van der Waals surface area contributed by atoms with Gasteiger partial charge in [0.15, 0.2) is 0 Å². The van der Waals surface area contributed by atoms with Gasteiger partial charge in [0.25, 0.3) is 0 Å². The van der Waals surface area contributed by atoms with Crippen molar-refractivity contribution in [2.24, 2.45) is 0 Å². The van der Waals surface area contributed by atoms with Crippen LogP contribution in [-0.4, -0.2) is 18.5 Å². The van der Waals surface area contributed by atoms with Crippen LogP contribution in [0.25, 0.3) is 0 Å². The van der Waals surface area contributed by atoms with Gasteiger partial charge in [0.05, 0.1) is 0 Å². The molecule has 0 spiro atoms. The van der Waals surface area contributed by atoms with Crippen molar-refractivity contribution in [1.82, 2.24) is 0 Å². The maximum absolute atomic E-state index is 12.3. The summed E-state index contributed by atoms with van der Waals surface area (Å²) in [6.45, 7) is 1.53. The van der Waals surface area contributed by atoms with E-state index in [9.17, 15) is 17.7 Å². The van der Waals surface area contributed by atoms with Crippen LogP contribution in [0.4, 0.5) is 13.2 Å². The number of rotatable bonds is 3. The first-order valence-electron chi connectivity index (χ1n) is 4.58. The third-order valence-corrected chi connectivity index (χ3v) is 5.30. The van der Waals surface area contributed by atoms with Gasteiger partial charge in [0.1, 0.15) is 13.3 Å². The van der Waals surface area contributed by atoms with Crippen LogP contribution < -0.4 is 5.30 Å². The Kier molecular flexibility index (Phi) is 3.61. The molecule has 1 rings (SSSR count). The Labute approximate surface area is 86.7 Å². The molecule has 0 N–H and O–H groups in total. The summed E-state index contributed by atoms with van der Waals surface area (Å²) in [6.07, 6.45) is -5.54. The summed E-state index contributed by atoms with van der Waals surface area (Å²) in [5, 5.41) is 0.310. The van der Waals surface area contributed by atoms with Crippen molar-refractivity contribution in [2.45, 2.75) is 13.1 Å². The molecule has 0 aliphatic carbocycles. The predicted molar refractivity (Wildman–Crippen MR) is 55.1 cm³/mol. The van der Waals surface area contributed by atoms with E-state index >= 15 is 0 Å². The van der Waals surface area contributed by atoms with E-state index < -0.39 is 19.5 Å². The van der Waals surface area contributed by atoms with Crippen LogP contribution in [0.3, 0.4) is 0 Å². The van der Waals surface area contributed by atoms with Crippen molar-refractivity contribution in [2.75, 3.05) is 12.3 Å². The lowest BCUT2D eigenvalue weighted by Gasteiger charge is -2.18. The van der Waals surface area contributed by atoms with Gasteiger partial charge in [-0.25, -0.2) is 0 Å². The molecule has 1 unspecified atom stereocenters. The molecule has 1 aromatic carbocycles. The highest BCUT2D eigenvalue weighted by Gasteiger charge is 2.38. The van der Waals surface area contributed by atoms with E-state index in [1.807, 2.05) is 0 Å². The third-order valence-electron chi connectivity index (χ3n) is 2.17. The van der Waals surface area contributed by atoms with Crippen LogP contribution in [-0.2, 0) is 4.57 Å². The predicted octanol–water partition coefficient (Wildman–Crippen LogP) is 3.26. The summed E-state index contributed by atoms with van der Waals surface area (Å²) >= 11 is 0. The second-order valence-corrected chi connectivity index (χ2v) is 6.56. The maximum Gasteiger partial charge on any atom is 0.396 e. The average molecular weight is 236 g/mol. The molecule has 0 aliphatic rings. The quantitative estimate of drug-likeness (QED) is 0.736. The second kappa shape index (κ2) is 4.40. The summed E-state index contributed by atoms with van der Waals surface area (Å²) in [7, 11) is -3.30. The standard InChI is InChI=1S/C10H12F3OP/c1-2-15(14,8-10(11,12)13)9-6-4-3-5-7-9/h3-7H,2,8H2,1H3. The maximum atomic E-state index is 12.3. The van der Waals surface area contributed by atoms with E-state index in [-0.39, 0.29) is 6.16 Å². The molecule has 1 atom stereocenters. The second-order valence-electron chi connectivity index (χ2n) is 3.31. The van der Waals surface area contributed by atoms with Crippen LogP contribution in [0.1, 0.15) is 6.92 Å². The van der Waals surface area contributed by atoms with Gasteiger partial charge in [0, 0.05) is 11.5 Å². The molecule has 0 fully saturated rings. The van der Waals surface area contributed by atoms with Crippen LogP contribution in [0, 0.1) is 0 Å². The molecule has 84 valence electrons. The summed E-state index contributed by atoms with van der Waals surface area (Å²) < 4.78 is 48.8. The van der Waals surface area contributed by atoms with Gasteiger partial charge in [0.2, 0.25) is 0 Å². The smallest absolute Gasteiger partial charge is 0.318 e. The van der Waals surface area contributed by atoms with Crippen molar-refractivity contribution in [3.05, 3.63) is 30.3 Å². The van der Waals surface area contributed by atoms with Crippen molar-refractivity contribution < 1.29 is 17.7 Å². The minimum Gasteiger partial charge on any atom is -0.318 e. The van der Waals surface area contributed by atoms with Gasteiger partial charge in [-0.05, 0) is 0 Å². The Morgan fingerprint density at radius 2 is 1.73 bits per heavy atom. The van der Waals surface area contributed by atoms with Crippen LogP contribution in [0.5, 0.6) is 0 Å². The molecule has 15 heavy (non-hydrogen) atoms. The van der Waals surface area contributed by atoms with Crippen molar-refractivity contribution in [1.29, 1.82) is 0 Å². The largest absolute Gasteiger partial charge is 0.396 e. The van der Waals surface area contributed by atoms with E-state index in [4.69, 9.17) is 0 Å². The van der Waals surface area contributed by atoms with Crippen molar-refractivity contribution in [3.63, 3.8) is 0 Å². The van der Waals surface area contributed by atoms with E-state index in [0.29, 0.717) is 5.30 Å². The number of hydrogen-bond acceptors (Lipinski definition) is 1. The molecule has 0 radical (unpaired) electrons. The summed E-state index contributed by atoms with van der Waals surface area (Å²) in [5.74, 6) is 0. The third kappa shape index (κ3) is 3.38. The van der Waals surface area contributed by atoms with Crippen LogP contribution in [0.15, 0.2) is 30.3 Å². The Hall–Kier alpha value is -0.760. The van der Waals surface area contributed by atoms with Gasteiger partial charge < -0.3 is 4.57 Å². The first-order chi connectivity index (χ1) is 6.87. The number of halogens is 3. The topological polar surface area (TPSA) is 17.1 Å². The Bertz CT molecular complexity index is 359. The fraction of sp³-hybridized carbons (Fsp3) is 0.400. The molecule has 0 heterocycles. The summed E-state index contributed by atoms with van der Waals surface area (Å²) in [6, 6.07) is 7.89. The highest BCUT2D eigenvalue weighted by molar-refractivity contribution is 7.71. The molecule has 0 saturated carbocycles. The van der Waals surface area contributed by atoms with E-state index in [1.165, 1.54) is 19.1 Å². The highest BCUT2D eigenvalue weighted by Crippen LogP contribution is 2.48. The molecule has 0 amide bonds. The first kappa shape index (κ1) is 12.3. The van der Waals surface area contributed by atoms with Gasteiger partial charge in [-0.1, -0.05) is 37.3 Å². The van der Waals surface area contributed by atoms with Gasteiger partial charge in [-0.2, -0.15) is 13.2 Å².